The van der Waals surface area contributed by atoms with E-state index in [-0.39, 0.29) is 0 Å². The summed E-state index contributed by atoms with van der Waals surface area (Å²) in [7, 11) is 4.25. The molecule has 0 radical (unpaired) electrons. The van der Waals surface area contributed by atoms with Crippen LogP contribution in [-0.2, 0) is 9.45 Å². The average Bonchev–Trinajstić information content (AvgIpc) is 2.34. The molecule has 1 atom stereocenters. The highest BCUT2D eigenvalue weighted by atomic mass is 33.1. The van der Waals surface area contributed by atoms with Gasteiger partial charge in [-0.25, -0.2) is 14.8 Å². The molecule has 0 saturated heterocycles. The van der Waals surface area contributed by atoms with Gasteiger partial charge < -0.3 is 9.76 Å². The van der Waals surface area contributed by atoms with Gasteiger partial charge >= 0.3 is 14.0 Å². The van der Waals surface area contributed by atoms with Gasteiger partial charge in [-0.3, -0.25) is 0 Å². The van der Waals surface area contributed by atoms with E-state index < -0.39 is 12.0 Å². The molecule has 0 spiro atoms. The van der Waals surface area contributed by atoms with Crippen LogP contribution in [0.25, 0.3) is 0 Å². The number of hydrogen-bond acceptors (Lipinski definition) is 6. The van der Waals surface area contributed by atoms with E-state index >= 15 is 0 Å². The minimum Gasteiger partial charge on any atom is -0.560 e. The van der Waals surface area contributed by atoms with Crippen LogP contribution in [0.15, 0.2) is 34.4 Å². The molecule has 0 aliphatic carbocycles. The second-order valence-electron chi connectivity index (χ2n) is 2.88. The van der Waals surface area contributed by atoms with E-state index in [1.165, 1.54) is 29.6 Å². The lowest BCUT2D eigenvalue weighted by atomic mass is 10.4. The maximum atomic E-state index is 10.8. The van der Waals surface area contributed by atoms with Gasteiger partial charge in [0.15, 0.2) is 12.4 Å². The predicted molar refractivity (Wildman–Crippen MR) is 72.1 cm³/mol. The van der Waals surface area contributed by atoms with Crippen LogP contribution >= 0.6 is 21.6 Å². The summed E-state index contributed by atoms with van der Waals surface area (Å²) in [6.07, 6.45) is 2.84. The molecule has 0 bridgehead atoms. The van der Waals surface area contributed by atoms with Gasteiger partial charge in [0, 0.05) is 11.9 Å². The van der Waals surface area contributed by atoms with Crippen LogP contribution in [0.4, 0.5) is 0 Å². The van der Waals surface area contributed by atoms with Crippen molar-refractivity contribution in [3.05, 3.63) is 24.4 Å². The molecule has 1 heterocycles. The Kier molecular flexibility index (Phi) is 6.57. The third-order valence-corrected chi connectivity index (χ3v) is 3.90. The number of carboxylic acids is 1. The van der Waals surface area contributed by atoms with Crippen molar-refractivity contribution in [1.82, 2.24) is 4.98 Å². The lowest BCUT2D eigenvalue weighted by Crippen LogP contribution is -2.20. The maximum Gasteiger partial charge on any atom is 0.329 e. The largest absolute Gasteiger partial charge is 0.560 e. The van der Waals surface area contributed by atoms with Gasteiger partial charge in [-0.05, 0) is 22.9 Å². The summed E-state index contributed by atoms with van der Waals surface area (Å²) < 4.78 is 4.60. The van der Waals surface area contributed by atoms with Crippen molar-refractivity contribution in [1.29, 1.82) is 0 Å². The smallest absolute Gasteiger partial charge is 0.329 e. The molecule has 0 aliphatic rings. The minimum absolute atomic E-state index is 0.358. The Morgan fingerprint density at radius 3 is 3.12 bits per heavy atom. The van der Waals surface area contributed by atoms with Gasteiger partial charge in [0.25, 0.3) is 0 Å². The minimum atomic E-state index is -0.965. The van der Waals surface area contributed by atoms with Crippen LogP contribution in [0.2, 0.25) is 0 Å². The summed E-state index contributed by atoms with van der Waals surface area (Å²) in [5.74, 6) is -0.608. The number of pyridine rings is 1. The summed E-state index contributed by atoms with van der Waals surface area (Å²) in [5, 5.41) is 9.73. The predicted octanol–water partition coefficient (Wildman–Crippen LogP) is 0.868. The summed E-state index contributed by atoms with van der Waals surface area (Å²) in [6.45, 7) is 0. The van der Waals surface area contributed by atoms with E-state index in [1.54, 1.807) is 6.20 Å². The molecule has 1 aromatic heterocycles. The number of carbonyl (C=O) groups is 1. The zero-order valence-electron chi connectivity index (χ0n) is 9.15. The van der Waals surface area contributed by atoms with E-state index in [1.807, 2.05) is 18.2 Å². The standard InChI is InChI=1S/C9H11BN2O3S2/c10-15-6-12-7(9(13)14)5-16-17-8-3-1-2-4-11-8/h1-4,6-7H,5,10H2,(H,13,14). The van der Waals surface area contributed by atoms with Crippen molar-refractivity contribution < 1.29 is 14.6 Å². The number of aliphatic carboxylic acids is 1. The van der Waals surface area contributed by atoms with Gasteiger partial charge in [-0.15, -0.1) is 0 Å². The van der Waals surface area contributed by atoms with Gasteiger partial charge in [-0.1, -0.05) is 16.9 Å². The third kappa shape index (κ3) is 5.64. The summed E-state index contributed by atoms with van der Waals surface area (Å²) >= 11 is 0. The molecule has 0 aliphatic heterocycles. The number of hydrogen-bond donors (Lipinski definition) is 1. The van der Waals surface area contributed by atoms with Crippen molar-refractivity contribution in [2.45, 2.75) is 11.1 Å². The second kappa shape index (κ2) is 8.02. The zero-order valence-corrected chi connectivity index (χ0v) is 10.8. The highest BCUT2D eigenvalue weighted by molar-refractivity contribution is 8.76. The Balaban J connectivity index is 2.37. The highest BCUT2D eigenvalue weighted by Gasteiger charge is 2.15. The SMILES string of the molecule is BOC=NC(CSSc1ccccn1)C(=O)O. The van der Waals surface area contributed by atoms with E-state index in [0.717, 1.165) is 11.4 Å². The number of rotatable bonds is 7. The number of aliphatic imine (C=N–C) groups is 1. The molecule has 0 fully saturated rings. The van der Waals surface area contributed by atoms with Crippen molar-refractivity contribution in [3.8, 4) is 0 Å². The quantitative estimate of drug-likeness (QED) is 0.343. The fraction of sp³-hybridized carbons (Fsp3) is 0.222. The first kappa shape index (κ1) is 13.9. The van der Waals surface area contributed by atoms with Crippen LogP contribution in [0.3, 0.4) is 0 Å². The number of carboxylic acid groups (broad SMARTS) is 1. The molecular formula is C9H11BN2O3S2. The second-order valence-corrected chi connectivity index (χ2v) is 5.24. The van der Waals surface area contributed by atoms with Gasteiger partial charge in [0.05, 0.1) is 0 Å². The fourth-order valence-electron chi connectivity index (χ4n) is 0.868. The van der Waals surface area contributed by atoms with Gasteiger partial charge in [0.1, 0.15) is 5.03 Å². The molecule has 1 N–H and O–H groups in total. The fourth-order valence-corrected chi connectivity index (χ4v) is 2.90. The van der Waals surface area contributed by atoms with Gasteiger partial charge in [0.2, 0.25) is 0 Å². The Bertz CT molecular complexity index is 378. The number of nitrogens with zero attached hydrogens (tertiary/aromatic N) is 2. The molecule has 90 valence electrons. The van der Waals surface area contributed by atoms with Crippen molar-refractivity contribution in [2.75, 3.05) is 5.75 Å². The van der Waals surface area contributed by atoms with Crippen LogP contribution in [0.5, 0.6) is 0 Å². The molecule has 5 nitrogen and oxygen atoms in total. The normalized spacial score (nSPS) is 12.5. The van der Waals surface area contributed by atoms with E-state index in [9.17, 15) is 4.79 Å². The first-order valence-corrected chi connectivity index (χ1v) is 7.03. The molecule has 0 aromatic carbocycles. The first-order chi connectivity index (χ1) is 8.24. The average molecular weight is 270 g/mol. The van der Waals surface area contributed by atoms with Crippen LogP contribution in [0, 0.1) is 0 Å². The monoisotopic (exact) mass is 270 g/mol. The Morgan fingerprint density at radius 1 is 1.71 bits per heavy atom. The first-order valence-electron chi connectivity index (χ1n) is 4.71. The van der Waals surface area contributed by atoms with Crippen LogP contribution in [0.1, 0.15) is 0 Å². The van der Waals surface area contributed by atoms with Crippen LogP contribution < -0.4 is 0 Å². The topological polar surface area (TPSA) is 71.8 Å². The van der Waals surface area contributed by atoms with E-state index in [4.69, 9.17) is 5.11 Å². The van der Waals surface area contributed by atoms with E-state index in [0.29, 0.717) is 5.75 Å². The maximum absolute atomic E-state index is 10.8. The molecule has 1 aromatic rings. The molecule has 0 amide bonds. The van der Waals surface area contributed by atoms with Crippen LogP contribution in [-0.4, -0.2) is 42.3 Å². The molecule has 1 rings (SSSR count). The Morgan fingerprint density at radius 2 is 2.53 bits per heavy atom. The molecular weight excluding hydrogens is 259 g/mol. The summed E-state index contributed by atoms with van der Waals surface area (Å²) in [4.78, 5) is 18.7. The lowest BCUT2D eigenvalue weighted by molar-refractivity contribution is -0.137. The molecule has 0 saturated carbocycles. The third-order valence-electron chi connectivity index (χ3n) is 1.64. The Labute approximate surface area is 108 Å². The van der Waals surface area contributed by atoms with Crippen molar-refractivity contribution >= 4 is 42.0 Å². The van der Waals surface area contributed by atoms with E-state index in [2.05, 4.69) is 14.6 Å². The number of aromatic nitrogens is 1. The molecule has 8 heteroatoms. The van der Waals surface area contributed by atoms with Crippen molar-refractivity contribution in [2.24, 2.45) is 4.99 Å². The lowest BCUT2D eigenvalue weighted by Gasteiger charge is -2.05. The molecule has 17 heavy (non-hydrogen) atoms. The Hall–Kier alpha value is -1.15. The summed E-state index contributed by atoms with van der Waals surface area (Å²) in [5.41, 5.74) is 0. The highest BCUT2D eigenvalue weighted by Crippen LogP contribution is 2.29. The molecule has 1 unspecified atom stereocenters. The van der Waals surface area contributed by atoms with Crippen molar-refractivity contribution in [3.63, 3.8) is 0 Å². The zero-order chi connectivity index (χ0) is 12.5. The van der Waals surface area contributed by atoms with Gasteiger partial charge in [-0.2, -0.15) is 0 Å². The summed E-state index contributed by atoms with van der Waals surface area (Å²) in [6, 6.07) is 4.79.